The van der Waals surface area contributed by atoms with Crippen molar-refractivity contribution >= 4 is 16.9 Å². The van der Waals surface area contributed by atoms with Crippen LogP contribution in [-0.4, -0.2) is 20.7 Å². The summed E-state index contributed by atoms with van der Waals surface area (Å²) in [5.74, 6) is -0.0823. The van der Waals surface area contributed by atoms with E-state index >= 15 is 0 Å². The number of benzene rings is 1. The van der Waals surface area contributed by atoms with E-state index in [1.165, 1.54) is 11.1 Å². The smallest absolute Gasteiger partial charge is 0.252 e. The lowest BCUT2D eigenvalue weighted by Gasteiger charge is -2.27. The molecule has 0 bridgehead atoms. The van der Waals surface area contributed by atoms with Crippen LogP contribution in [0.15, 0.2) is 36.7 Å². The summed E-state index contributed by atoms with van der Waals surface area (Å²) < 4.78 is 1.68. The van der Waals surface area contributed by atoms with Crippen LogP contribution in [0.25, 0.3) is 11.0 Å². The van der Waals surface area contributed by atoms with Gasteiger partial charge in [-0.15, -0.1) is 0 Å². The minimum Gasteiger partial charge on any atom is -0.345 e. The van der Waals surface area contributed by atoms with E-state index < -0.39 is 0 Å². The zero-order valence-corrected chi connectivity index (χ0v) is 14.2. The summed E-state index contributed by atoms with van der Waals surface area (Å²) in [5, 5.41) is 8.17. The highest BCUT2D eigenvalue weighted by molar-refractivity contribution is 6.05. The van der Waals surface area contributed by atoms with Crippen LogP contribution in [0.3, 0.4) is 0 Å². The quantitative estimate of drug-likeness (QED) is 0.768. The molecule has 25 heavy (non-hydrogen) atoms. The molecule has 0 radical (unpaired) electrons. The Labute approximate surface area is 146 Å². The molecule has 0 saturated heterocycles. The minimum atomic E-state index is -0.0823. The number of carbonyl (C=O) groups is 1. The van der Waals surface area contributed by atoms with Crippen LogP contribution >= 0.6 is 0 Å². The molecule has 1 unspecified atom stereocenters. The van der Waals surface area contributed by atoms with E-state index in [1.54, 1.807) is 23.1 Å². The summed E-state index contributed by atoms with van der Waals surface area (Å²) in [5.41, 5.74) is 10.7. The summed E-state index contributed by atoms with van der Waals surface area (Å²) >= 11 is 0. The second-order valence-corrected chi connectivity index (χ2v) is 6.52. The van der Waals surface area contributed by atoms with Crippen molar-refractivity contribution in [2.24, 2.45) is 12.8 Å². The van der Waals surface area contributed by atoms with Gasteiger partial charge in [0.15, 0.2) is 5.65 Å². The summed E-state index contributed by atoms with van der Waals surface area (Å²) in [6, 6.07) is 8.10. The maximum atomic E-state index is 12.9. The fourth-order valence-electron chi connectivity index (χ4n) is 3.62. The van der Waals surface area contributed by atoms with Gasteiger partial charge in [-0.1, -0.05) is 18.2 Å². The average molecular weight is 335 g/mol. The number of rotatable bonds is 3. The number of nitrogens with two attached hydrogens (primary N) is 1. The van der Waals surface area contributed by atoms with Crippen LogP contribution in [-0.2, 0) is 20.0 Å². The number of amides is 1. The number of aromatic nitrogens is 3. The van der Waals surface area contributed by atoms with Gasteiger partial charge >= 0.3 is 0 Å². The topological polar surface area (TPSA) is 85.8 Å². The Hall–Kier alpha value is -2.73. The van der Waals surface area contributed by atoms with Crippen molar-refractivity contribution in [2.45, 2.75) is 31.8 Å². The largest absolute Gasteiger partial charge is 0.345 e. The number of fused-ring (bicyclic) bond motifs is 2. The van der Waals surface area contributed by atoms with Crippen LogP contribution < -0.4 is 11.1 Å². The first-order valence-electron chi connectivity index (χ1n) is 8.56. The summed E-state index contributed by atoms with van der Waals surface area (Å²) in [6.07, 6.45) is 6.39. The van der Waals surface area contributed by atoms with E-state index in [2.05, 4.69) is 33.6 Å². The van der Waals surface area contributed by atoms with Crippen molar-refractivity contribution < 1.29 is 4.79 Å². The van der Waals surface area contributed by atoms with Gasteiger partial charge in [0.25, 0.3) is 5.91 Å². The van der Waals surface area contributed by atoms with Crippen LogP contribution in [0.4, 0.5) is 0 Å². The maximum Gasteiger partial charge on any atom is 0.252 e. The van der Waals surface area contributed by atoms with Gasteiger partial charge in [0.2, 0.25) is 0 Å². The Balaban J connectivity index is 1.63. The first-order chi connectivity index (χ1) is 12.2. The monoisotopic (exact) mass is 335 g/mol. The molecule has 1 atom stereocenters. The number of nitrogens with zero attached hydrogens (tertiary/aromatic N) is 3. The third kappa shape index (κ3) is 2.78. The normalized spacial score (nSPS) is 16.6. The number of hydrogen-bond donors (Lipinski definition) is 2. The van der Waals surface area contributed by atoms with E-state index in [0.717, 1.165) is 30.2 Å². The number of carbonyl (C=O) groups excluding carboxylic acids is 1. The fourth-order valence-corrected chi connectivity index (χ4v) is 3.62. The minimum absolute atomic E-state index is 0.0305. The third-order valence-electron chi connectivity index (χ3n) is 4.94. The zero-order valence-electron chi connectivity index (χ0n) is 14.2. The Morgan fingerprint density at radius 2 is 2.28 bits per heavy atom. The van der Waals surface area contributed by atoms with Gasteiger partial charge < -0.3 is 11.1 Å². The van der Waals surface area contributed by atoms with E-state index in [1.807, 2.05) is 7.05 Å². The standard InChI is InChI=1S/C19H21N5O/c1-24-18-16(11-22-24)15(7-8-21-18)19(25)23-17-4-2-3-13-9-12(10-20)5-6-14(13)17/h5-9,11,17H,2-4,10,20H2,1H3,(H,23,25). The maximum absolute atomic E-state index is 12.9. The predicted molar refractivity (Wildman–Crippen MR) is 96.0 cm³/mol. The van der Waals surface area contributed by atoms with Crippen molar-refractivity contribution in [3.05, 3.63) is 58.9 Å². The number of hydrogen-bond acceptors (Lipinski definition) is 4. The highest BCUT2D eigenvalue weighted by atomic mass is 16.1. The molecule has 6 nitrogen and oxygen atoms in total. The molecule has 128 valence electrons. The Kier molecular flexibility index (Phi) is 3.97. The second kappa shape index (κ2) is 6.29. The van der Waals surface area contributed by atoms with E-state index in [0.29, 0.717) is 17.8 Å². The van der Waals surface area contributed by atoms with Gasteiger partial charge in [-0.25, -0.2) is 4.98 Å². The molecule has 0 saturated carbocycles. The molecule has 3 N–H and O–H groups in total. The molecule has 0 spiro atoms. The summed E-state index contributed by atoms with van der Waals surface area (Å²) in [6.45, 7) is 0.542. The SMILES string of the molecule is Cn1ncc2c(C(=O)NC3CCCc4cc(CN)ccc43)ccnc21. The molecule has 4 rings (SSSR count). The fraction of sp³-hybridized carbons (Fsp3) is 0.316. The zero-order chi connectivity index (χ0) is 17.4. The van der Waals surface area contributed by atoms with Gasteiger partial charge in [0.1, 0.15) is 0 Å². The molecule has 6 heteroatoms. The Bertz CT molecular complexity index is 946. The molecule has 1 aliphatic rings. The molecule has 2 aromatic heterocycles. The number of nitrogens with one attached hydrogen (secondary N) is 1. The van der Waals surface area contributed by atoms with Crippen LogP contribution in [0.5, 0.6) is 0 Å². The highest BCUT2D eigenvalue weighted by Crippen LogP contribution is 2.31. The van der Waals surface area contributed by atoms with Crippen LogP contribution in [0, 0.1) is 0 Å². The summed E-state index contributed by atoms with van der Waals surface area (Å²) in [7, 11) is 1.82. The van der Waals surface area contributed by atoms with Gasteiger partial charge in [-0.3, -0.25) is 9.48 Å². The van der Waals surface area contributed by atoms with E-state index in [9.17, 15) is 4.79 Å². The lowest BCUT2D eigenvalue weighted by Crippen LogP contribution is -2.31. The third-order valence-corrected chi connectivity index (χ3v) is 4.94. The molecule has 1 amide bonds. The molecule has 0 fully saturated rings. The lowest BCUT2D eigenvalue weighted by atomic mass is 9.86. The number of pyridine rings is 1. The van der Waals surface area contributed by atoms with Gasteiger partial charge in [-0.05, 0) is 42.0 Å². The predicted octanol–water partition coefficient (Wildman–Crippen LogP) is 2.23. The molecule has 0 aliphatic heterocycles. The van der Waals surface area contributed by atoms with Gasteiger partial charge in [-0.2, -0.15) is 5.10 Å². The molecular weight excluding hydrogens is 314 g/mol. The molecule has 3 aromatic rings. The van der Waals surface area contributed by atoms with E-state index in [4.69, 9.17) is 5.73 Å². The van der Waals surface area contributed by atoms with E-state index in [-0.39, 0.29) is 11.9 Å². The average Bonchev–Trinajstić information content (AvgIpc) is 3.02. The Morgan fingerprint density at radius 1 is 1.40 bits per heavy atom. The van der Waals surface area contributed by atoms with Crippen molar-refractivity contribution in [1.82, 2.24) is 20.1 Å². The van der Waals surface area contributed by atoms with Crippen LogP contribution in [0.1, 0.15) is 45.9 Å². The van der Waals surface area contributed by atoms with Crippen molar-refractivity contribution in [3.8, 4) is 0 Å². The van der Waals surface area contributed by atoms with Crippen molar-refractivity contribution in [1.29, 1.82) is 0 Å². The van der Waals surface area contributed by atoms with Gasteiger partial charge in [0, 0.05) is 19.8 Å². The van der Waals surface area contributed by atoms with Crippen LogP contribution in [0.2, 0.25) is 0 Å². The second-order valence-electron chi connectivity index (χ2n) is 6.52. The molecule has 1 aliphatic carbocycles. The molecule has 2 heterocycles. The molecular formula is C19H21N5O. The van der Waals surface area contributed by atoms with Gasteiger partial charge in [0.05, 0.1) is 23.2 Å². The lowest BCUT2D eigenvalue weighted by molar-refractivity contribution is 0.0934. The summed E-state index contributed by atoms with van der Waals surface area (Å²) in [4.78, 5) is 17.2. The van der Waals surface area contributed by atoms with Crippen molar-refractivity contribution in [3.63, 3.8) is 0 Å². The molecule has 1 aromatic carbocycles. The first-order valence-corrected chi connectivity index (χ1v) is 8.56. The van der Waals surface area contributed by atoms with Crippen molar-refractivity contribution in [2.75, 3.05) is 0 Å². The highest BCUT2D eigenvalue weighted by Gasteiger charge is 2.23. The Morgan fingerprint density at radius 3 is 3.12 bits per heavy atom. The number of aryl methyl sites for hydroxylation is 2. The first kappa shape index (κ1) is 15.8.